The predicted molar refractivity (Wildman–Crippen MR) is 118 cm³/mol. The minimum absolute atomic E-state index is 0.0924. The molecule has 0 spiro atoms. The highest BCUT2D eigenvalue weighted by Crippen LogP contribution is 2.34. The van der Waals surface area contributed by atoms with Crippen LogP contribution in [0.3, 0.4) is 0 Å². The van der Waals surface area contributed by atoms with Crippen molar-refractivity contribution < 1.29 is 19.1 Å². The minimum atomic E-state index is -0.375. The molecule has 31 heavy (non-hydrogen) atoms. The van der Waals surface area contributed by atoms with E-state index in [1.807, 2.05) is 0 Å². The van der Waals surface area contributed by atoms with Crippen LogP contribution >= 0.6 is 15.9 Å². The Morgan fingerprint density at radius 2 is 2.19 bits per heavy atom. The van der Waals surface area contributed by atoms with Crippen LogP contribution in [0.1, 0.15) is 52.9 Å². The van der Waals surface area contributed by atoms with E-state index in [-0.39, 0.29) is 18.6 Å². The number of nitrogens with one attached hydrogen (secondary N) is 1. The van der Waals surface area contributed by atoms with E-state index < -0.39 is 0 Å². The Balaban J connectivity index is 1.55. The summed E-state index contributed by atoms with van der Waals surface area (Å²) in [6.45, 7) is 1.12. The van der Waals surface area contributed by atoms with Crippen LogP contribution in [0.5, 0.6) is 5.75 Å². The summed E-state index contributed by atoms with van der Waals surface area (Å²) < 4.78 is 14.2. The molecule has 2 heterocycles. The molecule has 1 aliphatic heterocycles. The molecule has 1 aliphatic carbocycles. The van der Waals surface area contributed by atoms with E-state index in [2.05, 4.69) is 31.9 Å². The number of halogens is 1. The molecule has 8 heteroatoms. The van der Waals surface area contributed by atoms with Gasteiger partial charge in [0.1, 0.15) is 17.6 Å². The van der Waals surface area contributed by atoms with Crippen molar-refractivity contribution in [3.8, 4) is 11.8 Å². The first-order chi connectivity index (χ1) is 15.1. The first kappa shape index (κ1) is 21.6. The van der Waals surface area contributed by atoms with Gasteiger partial charge >= 0.3 is 0 Å². The van der Waals surface area contributed by atoms with Gasteiger partial charge in [0.25, 0.3) is 5.91 Å². The molecule has 1 amide bonds. The van der Waals surface area contributed by atoms with Crippen molar-refractivity contribution in [1.29, 1.82) is 5.26 Å². The molecule has 1 saturated heterocycles. The number of aromatic nitrogens is 1. The summed E-state index contributed by atoms with van der Waals surface area (Å²) in [6.07, 6.45) is 6.64. The fourth-order valence-electron chi connectivity index (χ4n) is 4.37. The molecule has 1 aromatic heterocycles. The number of hydrogen-bond acceptors (Lipinski definition) is 5. The van der Waals surface area contributed by atoms with Crippen LogP contribution in [0.2, 0.25) is 0 Å². The van der Waals surface area contributed by atoms with E-state index in [1.165, 1.54) is 0 Å². The Kier molecular flexibility index (Phi) is 6.73. The highest BCUT2D eigenvalue weighted by atomic mass is 79.9. The Hall–Kier alpha value is -2.63. The van der Waals surface area contributed by atoms with E-state index in [1.54, 1.807) is 18.2 Å². The predicted octanol–water partition coefficient (Wildman–Crippen LogP) is 4.01. The van der Waals surface area contributed by atoms with Crippen LogP contribution in [-0.2, 0) is 28.9 Å². The monoisotopic (exact) mass is 485 g/mol. The maximum Gasteiger partial charge on any atom is 0.263 e. The summed E-state index contributed by atoms with van der Waals surface area (Å²) in [7, 11) is 0. The molecule has 7 nitrogen and oxygen atoms in total. The summed E-state index contributed by atoms with van der Waals surface area (Å²) in [5.41, 5.74) is 3.07. The Labute approximate surface area is 189 Å². The van der Waals surface area contributed by atoms with Crippen molar-refractivity contribution in [2.45, 2.75) is 51.2 Å². The number of nitriles is 1. The van der Waals surface area contributed by atoms with E-state index in [0.717, 1.165) is 60.9 Å². The maximum atomic E-state index is 12.7. The molecule has 162 valence electrons. The highest BCUT2D eigenvalue weighted by molar-refractivity contribution is 9.10. The van der Waals surface area contributed by atoms with Gasteiger partial charge in [-0.05, 0) is 62.3 Å². The molecule has 2 aliphatic rings. The summed E-state index contributed by atoms with van der Waals surface area (Å²) in [4.78, 5) is 24.0. The number of carbonyl (C=O) groups excluding carboxylic acids is 2. The van der Waals surface area contributed by atoms with Gasteiger partial charge in [0.2, 0.25) is 0 Å². The second kappa shape index (κ2) is 9.67. The number of aldehydes is 1. The highest BCUT2D eigenvalue weighted by Gasteiger charge is 2.28. The van der Waals surface area contributed by atoms with Crippen molar-refractivity contribution in [2.24, 2.45) is 0 Å². The van der Waals surface area contributed by atoms with Gasteiger partial charge in [-0.2, -0.15) is 5.26 Å². The molecule has 0 radical (unpaired) electrons. The van der Waals surface area contributed by atoms with Gasteiger partial charge in [-0.1, -0.05) is 15.9 Å². The second-order valence-corrected chi connectivity index (χ2v) is 8.77. The van der Waals surface area contributed by atoms with Gasteiger partial charge in [0.05, 0.1) is 23.8 Å². The zero-order valence-electron chi connectivity index (χ0n) is 17.2. The number of ether oxygens (including phenoxy) is 2. The van der Waals surface area contributed by atoms with Gasteiger partial charge in [0.15, 0.2) is 12.9 Å². The minimum Gasteiger partial charge on any atom is -0.483 e. The van der Waals surface area contributed by atoms with E-state index >= 15 is 0 Å². The number of anilines is 1. The van der Waals surface area contributed by atoms with Crippen LogP contribution in [-0.4, -0.2) is 36.1 Å². The summed E-state index contributed by atoms with van der Waals surface area (Å²) >= 11 is 3.31. The lowest BCUT2D eigenvalue weighted by Gasteiger charge is -2.20. The van der Waals surface area contributed by atoms with Gasteiger partial charge < -0.3 is 19.4 Å². The normalized spacial score (nSPS) is 17.6. The average molecular weight is 486 g/mol. The molecule has 1 atom stereocenters. The van der Waals surface area contributed by atoms with Crippen molar-refractivity contribution in [2.75, 3.05) is 18.5 Å². The Morgan fingerprint density at radius 3 is 2.94 bits per heavy atom. The maximum absolute atomic E-state index is 12.7. The summed E-state index contributed by atoms with van der Waals surface area (Å²) in [5, 5.41) is 12.7. The molecule has 1 fully saturated rings. The molecule has 0 saturated carbocycles. The van der Waals surface area contributed by atoms with E-state index in [0.29, 0.717) is 35.5 Å². The van der Waals surface area contributed by atoms with Crippen LogP contribution in [0.25, 0.3) is 0 Å². The average Bonchev–Trinajstić information content (AvgIpc) is 3.39. The van der Waals surface area contributed by atoms with Crippen molar-refractivity contribution >= 4 is 33.9 Å². The fraction of sp³-hybridized carbons (Fsp3) is 0.435. The van der Waals surface area contributed by atoms with Crippen molar-refractivity contribution in [3.63, 3.8) is 0 Å². The second-order valence-electron chi connectivity index (χ2n) is 7.85. The zero-order chi connectivity index (χ0) is 21.8. The number of nitrogens with zero attached hydrogens (tertiary/aromatic N) is 2. The van der Waals surface area contributed by atoms with Gasteiger partial charge in [-0.15, -0.1) is 0 Å². The van der Waals surface area contributed by atoms with Crippen LogP contribution in [0, 0.1) is 11.3 Å². The fourth-order valence-corrected chi connectivity index (χ4v) is 4.75. The van der Waals surface area contributed by atoms with Crippen molar-refractivity contribution in [3.05, 3.63) is 45.1 Å². The molecule has 1 N–H and O–H groups in total. The first-order valence-electron chi connectivity index (χ1n) is 10.5. The smallest absolute Gasteiger partial charge is 0.263 e. The first-order valence-corrected chi connectivity index (χ1v) is 11.3. The number of rotatable bonds is 7. The lowest BCUT2D eigenvalue weighted by Crippen LogP contribution is -2.25. The number of hydrogen-bond donors (Lipinski definition) is 1. The SMILES string of the molecule is N#Cc1c2c(n(CC3CCCO3)c1NC(=O)COc1ccc(Br)cc1C=O)CCCC2. The third kappa shape index (κ3) is 4.68. The molecule has 1 aromatic carbocycles. The molecule has 1 unspecified atom stereocenters. The van der Waals surface area contributed by atoms with Crippen LogP contribution in [0.15, 0.2) is 22.7 Å². The summed E-state index contributed by atoms with van der Waals surface area (Å²) in [5.74, 6) is 0.493. The molecular formula is C23H24BrN3O4. The third-order valence-corrected chi connectivity index (χ3v) is 6.30. The molecular weight excluding hydrogens is 462 g/mol. The van der Waals surface area contributed by atoms with Crippen LogP contribution < -0.4 is 10.1 Å². The number of fused-ring (bicyclic) bond motifs is 1. The van der Waals surface area contributed by atoms with E-state index in [9.17, 15) is 14.9 Å². The Morgan fingerprint density at radius 1 is 1.35 bits per heavy atom. The third-order valence-electron chi connectivity index (χ3n) is 5.81. The summed E-state index contributed by atoms with van der Waals surface area (Å²) in [6, 6.07) is 7.32. The molecule has 0 bridgehead atoms. The lowest BCUT2D eigenvalue weighted by atomic mass is 9.95. The number of carbonyl (C=O) groups is 2. The quantitative estimate of drug-likeness (QED) is 0.597. The zero-order valence-corrected chi connectivity index (χ0v) is 18.7. The number of amides is 1. The van der Waals surface area contributed by atoms with Crippen LogP contribution in [0.4, 0.5) is 5.82 Å². The Bertz CT molecular complexity index is 1030. The topological polar surface area (TPSA) is 93.4 Å². The van der Waals surface area contributed by atoms with Gasteiger partial charge in [-0.25, -0.2) is 0 Å². The number of benzene rings is 1. The standard InChI is InChI=1S/C23H24BrN3O4/c24-16-7-8-21(15(10-16)13-28)31-14-22(29)26-23-19(11-25)18-5-1-2-6-20(18)27(23)12-17-4-3-9-30-17/h7-8,10,13,17H,1-6,9,12,14H2,(H,26,29). The largest absolute Gasteiger partial charge is 0.483 e. The van der Waals surface area contributed by atoms with E-state index in [4.69, 9.17) is 9.47 Å². The molecule has 2 aromatic rings. The lowest BCUT2D eigenvalue weighted by molar-refractivity contribution is -0.118. The van der Waals surface area contributed by atoms with Gasteiger partial charge in [-0.3, -0.25) is 9.59 Å². The van der Waals surface area contributed by atoms with Gasteiger partial charge in [0, 0.05) is 16.8 Å². The molecule has 4 rings (SSSR count). The van der Waals surface area contributed by atoms with Crippen molar-refractivity contribution in [1.82, 2.24) is 4.57 Å².